The smallest absolute Gasteiger partial charge is 0.231 e. The van der Waals surface area contributed by atoms with Crippen LogP contribution < -0.4 is 4.90 Å². The van der Waals surface area contributed by atoms with Crippen molar-refractivity contribution < 1.29 is 9.18 Å². The number of benzene rings is 2. The molecule has 3 rings (SSSR count). The topological polar surface area (TPSA) is 20.3 Å². The largest absolute Gasteiger partial charge is 0.309 e. The molecule has 108 valence electrons. The fraction of sp³-hybridized carbons (Fsp3) is 0.278. The van der Waals surface area contributed by atoms with Crippen LogP contribution in [0.25, 0.3) is 0 Å². The van der Waals surface area contributed by atoms with Crippen molar-refractivity contribution in [1.29, 1.82) is 0 Å². The second-order valence-electron chi connectivity index (χ2n) is 5.59. The van der Waals surface area contributed by atoms with Gasteiger partial charge in [-0.2, -0.15) is 0 Å². The van der Waals surface area contributed by atoms with E-state index in [0.717, 1.165) is 29.7 Å². The third kappa shape index (κ3) is 2.82. The lowest BCUT2D eigenvalue weighted by Crippen LogP contribution is -2.43. The van der Waals surface area contributed by atoms with Gasteiger partial charge >= 0.3 is 0 Å². The van der Waals surface area contributed by atoms with E-state index in [1.807, 2.05) is 35.2 Å². The molecule has 0 saturated heterocycles. The number of carbonyl (C=O) groups is 1. The van der Waals surface area contributed by atoms with Gasteiger partial charge < -0.3 is 4.90 Å². The van der Waals surface area contributed by atoms with Gasteiger partial charge in [-0.3, -0.25) is 4.79 Å². The fourth-order valence-corrected chi connectivity index (χ4v) is 2.96. The molecule has 1 amide bonds. The number of rotatable bonds is 2. The molecule has 0 aliphatic carbocycles. The van der Waals surface area contributed by atoms with Crippen LogP contribution >= 0.6 is 0 Å². The van der Waals surface area contributed by atoms with E-state index in [1.54, 1.807) is 12.1 Å². The summed E-state index contributed by atoms with van der Waals surface area (Å²) < 4.78 is 13.4. The van der Waals surface area contributed by atoms with Gasteiger partial charge in [0.2, 0.25) is 5.91 Å². The van der Waals surface area contributed by atoms with Crippen molar-refractivity contribution in [3.63, 3.8) is 0 Å². The van der Waals surface area contributed by atoms with Crippen LogP contribution in [0.5, 0.6) is 0 Å². The number of halogens is 1. The molecule has 0 fully saturated rings. The molecule has 2 aromatic rings. The predicted octanol–water partition coefficient (Wildman–Crippen LogP) is 3.74. The molecule has 0 spiro atoms. The van der Waals surface area contributed by atoms with E-state index >= 15 is 0 Å². The van der Waals surface area contributed by atoms with Crippen molar-refractivity contribution in [3.05, 3.63) is 65.5 Å². The molecule has 1 aliphatic rings. The van der Waals surface area contributed by atoms with Crippen molar-refractivity contribution >= 4 is 11.6 Å². The van der Waals surface area contributed by atoms with Gasteiger partial charge in [0.1, 0.15) is 5.82 Å². The van der Waals surface area contributed by atoms with E-state index < -0.39 is 0 Å². The first-order chi connectivity index (χ1) is 10.1. The number of amides is 1. The Labute approximate surface area is 124 Å². The first-order valence-corrected chi connectivity index (χ1v) is 7.29. The number of carbonyl (C=O) groups excluding carboxylic acids is 1. The maximum Gasteiger partial charge on any atom is 0.231 e. The maximum absolute atomic E-state index is 13.4. The Morgan fingerprint density at radius 1 is 1.24 bits per heavy atom. The predicted molar refractivity (Wildman–Crippen MR) is 81.8 cm³/mol. The summed E-state index contributed by atoms with van der Waals surface area (Å²) in [7, 11) is 0. The molecule has 1 aliphatic heterocycles. The quantitative estimate of drug-likeness (QED) is 0.822. The van der Waals surface area contributed by atoms with E-state index in [2.05, 4.69) is 6.92 Å². The summed E-state index contributed by atoms with van der Waals surface area (Å²) in [4.78, 5) is 14.5. The zero-order valence-corrected chi connectivity index (χ0v) is 12.1. The number of fused-ring (bicyclic) bond motifs is 1. The third-order valence-corrected chi connectivity index (χ3v) is 4.04. The average molecular weight is 283 g/mol. The highest BCUT2D eigenvalue weighted by Crippen LogP contribution is 2.31. The Balaban J connectivity index is 1.89. The Morgan fingerprint density at radius 2 is 2.00 bits per heavy atom. The first kappa shape index (κ1) is 13.8. The van der Waals surface area contributed by atoms with E-state index in [4.69, 9.17) is 0 Å². The molecule has 0 N–H and O–H groups in total. The molecule has 0 aromatic heterocycles. The molecule has 1 unspecified atom stereocenters. The van der Waals surface area contributed by atoms with Crippen LogP contribution in [-0.2, 0) is 17.6 Å². The second kappa shape index (κ2) is 5.68. The number of anilines is 1. The maximum atomic E-state index is 13.4. The van der Waals surface area contributed by atoms with Crippen LogP contribution in [0.4, 0.5) is 10.1 Å². The van der Waals surface area contributed by atoms with Crippen molar-refractivity contribution in [3.8, 4) is 0 Å². The van der Waals surface area contributed by atoms with E-state index in [1.165, 1.54) is 6.07 Å². The molecule has 2 nitrogen and oxygen atoms in total. The van der Waals surface area contributed by atoms with Crippen molar-refractivity contribution in [2.24, 2.45) is 0 Å². The van der Waals surface area contributed by atoms with Crippen LogP contribution in [0.3, 0.4) is 0 Å². The minimum atomic E-state index is -0.237. The normalized spacial score (nSPS) is 17.4. The third-order valence-electron chi connectivity index (χ3n) is 4.04. The van der Waals surface area contributed by atoms with Crippen LogP contribution in [0.1, 0.15) is 24.5 Å². The number of aryl methyl sites for hydroxylation is 1. The summed E-state index contributed by atoms with van der Waals surface area (Å²) in [5.41, 5.74) is 2.79. The second-order valence-corrected chi connectivity index (χ2v) is 5.59. The van der Waals surface area contributed by atoms with Gasteiger partial charge in [0.05, 0.1) is 6.42 Å². The molecular formula is C18H18FNO. The van der Waals surface area contributed by atoms with E-state index in [9.17, 15) is 9.18 Å². The summed E-state index contributed by atoms with van der Waals surface area (Å²) in [5, 5.41) is 0. The molecule has 0 radical (unpaired) electrons. The molecule has 1 heterocycles. The number of hydrogen-bond acceptors (Lipinski definition) is 1. The van der Waals surface area contributed by atoms with E-state index in [0.29, 0.717) is 6.42 Å². The highest BCUT2D eigenvalue weighted by molar-refractivity contribution is 5.96. The average Bonchev–Trinajstić information content (AvgIpc) is 2.48. The lowest BCUT2D eigenvalue weighted by Gasteiger charge is -2.35. The minimum Gasteiger partial charge on any atom is -0.309 e. The van der Waals surface area contributed by atoms with Crippen molar-refractivity contribution in [2.45, 2.75) is 32.2 Å². The zero-order valence-electron chi connectivity index (χ0n) is 12.1. The zero-order chi connectivity index (χ0) is 14.8. The fourth-order valence-electron chi connectivity index (χ4n) is 2.96. The van der Waals surface area contributed by atoms with Crippen LogP contribution in [0, 0.1) is 5.82 Å². The SMILES string of the molecule is CC1CCc2cc(F)ccc2N1C(=O)Cc1ccccc1. The van der Waals surface area contributed by atoms with Gasteiger partial charge in [0.15, 0.2) is 0 Å². The molecule has 2 aromatic carbocycles. The summed E-state index contributed by atoms with van der Waals surface area (Å²) >= 11 is 0. The Morgan fingerprint density at radius 3 is 2.76 bits per heavy atom. The lowest BCUT2D eigenvalue weighted by atomic mass is 9.95. The summed E-state index contributed by atoms with van der Waals surface area (Å²) in [6.45, 7) is 2.05. The van der Waals surface area contributed by atoms with Gasteiger partial charge in [-0.15, -0.1) is 0 Å². The van der Waals surface area contributed by atoms with Gasteiger partial charge in [-0.1, -0.05) is 30.3 Å². The van der Waals surface area contributed by atoms with Crippen LogP contribution in [0.15, 0.2) is 48.5 Å². The van der Waals surface area contributed by atoms with Gasteiger partial charge in [0, 0.05) is 11.7 Å². The summed E-state index contributed by atoms with van der Waals surface area (Å²) in [5.74, 6) is -0.167. The van der Waals surface area contributed by atoms with Crippen LogP contribution in [-0.4, -0.2) is 11.9 Å². The molecule has 0 saturated carbocycles. The van der Waals surface area contributed by atoms with Crippen molar-refractivity contribution in [2.75, 3.05) is 4.90 Å². The minimum absolute atomic E-state index is 0.0706. The van der Waals surface area contributed by atoms with Gasteiger partial charge in [0.25, 0.3) is 0 Å². The highest BCUT2D eigenvalue weighted by atomic mass is 19.1. The molecule has 1 atom stereocenters. The Hall–Kier alpha value is -2.16. The molecule has 3 heteroatoms. The molecule has 0 bridgehead atoms. The molecular weight excluding hydrogens is 265 g/mol. The van der Waals surface area contributed by atoms with Crippen molar-refractivity contribution in [1.82, 2.24) is 0 Å². The standard InChI is InChI=1S/C18H18FNO/c1-13-7-8-15-12-16(19)9-10-17(15)20(13)18(21)11-14-5-3-2-4-6-14/h2-6,9-10,12-13H,7-8,11H2,1H3. The van der Waals surface area contributed by atoms with Gasteiger partial charge in [-0.25, -0.2) is 4.39 Å². The number of hydrogen-bond donors (Lipinski definition) is 0. The summed E-state index contributed by atoms with van der Waals surface area (Å²) in [6.07, 6.45) is 2.07. The summed E-state index contributed by atoms with van der Waals surface area (Å²) in [6, 6.07) is 14.6. The van der Waals surface area contributed by atoms with Crippen LogP contribution in [0.2, 0.25) is 0 Å². The van der Waals surface area contributed by atoms with E-state index in [-0.39, 0.29) is 17.8 Å². The Kier molecular flexibility index (Phi) is 3.74. The molecule has 21 heavy (non-hydrogen) atoms. The van der Waals surface area contributed by atoms with Gasteiger partial charge in [-0.05, 0) is 49.1 Å². The monoisotopic (exact) mass is 283 g/mol. The lowest BCUT2D eigenvalue weighted by molar-refractivity contribution is -0.118. The number of nitrogens with zero attached hydrogens (tertiary/aromatic N) is 1. The first-order valence-electron chi connectivity index (χ1n) is 7.29. The Bertz CT molecular complexity index is 654. The highest BCUT2D eigenvalue weighted by Gasteiger charge is 2.28.